The first kappa shape index (κ1) is 14.3. The molecule has 0 aliphatic carbocycles. The number of hydrogen-bond donors (Lipinski definition) is 2. The summed E-state index contributed by atoms with van der Waals surface area (Å²) >= 11 is 1.58. The summed E-state index contributed by atoms with van der Waals surface area (Å²) in [6, 6.07) is 2.22. The Balaban J connectivity index is 2.60. The topological polar surface area (TPSA) is 41.1 Å². The van der Waals surface area contributed by atoms with E-state index in [1.54, 1.807) is 29.6 Å². The first-order chi connectivity index (χ1) is 8.04. The Morgan fingerprint density at radius 3 is 2.47 bits per heavy atom. The summed E-state index contributed by atoms with van der Waals surface area (Å²) in [6.45, 7) is 0.725. The van der Waals surface area contributed by atoms with Gasteiger partial charge in [-0.05, 0) is 54.7 Å². The summed E-state index contributed by atoms with van der Waals surface area (Å²) in [5, 5.41) is 5.37. The lowest BCUT2D eigenvalue weighted by Crippen LogP contribution is -2.15. The van der Waals surface area contributed by atoms with Gasteiger partial charge in [0.05, 0.1) is 3.57 Å². The van der Waals surface area contributed by atoms with Crippen molar-refractivity contribution < 1.29 is 13.6 Å². The first-order valence-electron chi connectivity index (χ1n) is 5.13. The minimum Gasteiger partial charge on any atom is -0.326 e. The first-order valence-corrected chi connectivity index (χ1v) is 6.21. The van der Waals surface area contributed by atoms with E-state index in [0.717, 1.165) is 18.7 Å². The lowest BCUT2D eigenvalue weighted by Gasteiger charge is -2.06. The monoisotopic (exact) mass is 354 g/mol. The molecule has 0 saturated carbocycles. The van der Waals surface area contributed by atoms with E-state index in [1.165, 1.54) is 0 Å². The van der Waals surface area contributed by atoms with E-state index in [4.69, 9.17) is 0 Å². The molecule has 1 aromatic carbocycles. The molecule has 0 aliphatic rings. The van der Waals surface area contributed by atoms with Gasteiger partial charge in [-0.15, -0.1) is 0 Å². The molecule has 0 spiro atoms. The number of rotatable bonds is 5. The zero-order chi connectivity index (χ0) is 12.8. The zero-order valence-electron chi connectivity index (χ0n) is 9.32. The highest BCUT2D eigenvalue weighted by Crippen LogP contribution is 2.20. The molecule has 1 aromatic rings. The van der Waals surface area contributed by atoms with E-state index in [1.807, 2.05) is 0 Å². The van der Waals surface area contributed by atoms with Gasteiger partial charge in [-0.1, -0.05) is 0 Å². The van der Waals surface area contributed by atoms with Crippen molar-refractivity contribution >= 4 is 34.2 Å². The standard InChI is InChI=1S/C11H13F2IN2O/c1-15-4-2-3-10(17)16-7-5-8(12)11(14)9(13)6-7/h5-6,15H,2-4H2,1H3,(H,16,17). The number of carbonyl (C=O) groups is 1. The van der Waals surface area contributed by atoms with Crippen LogP contribution in [0.5, 0.6) is 0 Å². The number of nitrogens with one attached hydrogen (secondary N) is 2. The summed E-state index contributed by atoms with van der Waals surface area (Å²) < 4.78 is 26.3. The summed E-state index contributed by atoms with van der Waals surface area (Å²) in [7, 11) is 1.79. The van der Waals surface area contributed by atoms with Crippen molar-refractivity contribution in [1.82, 2.24) is 5.32 Å². The van der Waals surface area contributed by atoms with Gasteiger partial charge in [0, 0.05) is 12.1 Å². The molecular formula is C11H13F2IN2O. The Labute approximate surface area is 112 Å². The van der Waals surface area contributed by atoms with E-state index in [2.05, 4.69) is 10.6 Å². The number of hydrogen-bond acceptors (Lipinski definition) is 2. The van der Waals surface area contributed by atoms with Crippen LogP contribution >= 0.6 is 22.6 Å². The van der Waals surface area contributed by atoms with Crippen molar-refractivity contribution in [3.8, 4) is 0 Å². The van der Waals surface area contributed by atoms with E-state index in [9.17, 15) is 13.6 Å². The van der Waals surface area contributed by atoms with Crippen molar-refractivity contribution in [2.24, 2.45) is 0 Å². The third kappa shape index (κ3) is 4.55. The van der Waals surface area contributed by atoms with Gasteiger partial charge in [-0.2, -0.15) is 0 Å². The van der Waals surface area contributed by atoms with E-state index in [-0.39, 0.29) is 15.2 Å². The molecule has 0 saturated heterocycles. The van der Waals surface area contributed by atoms with Gasteiger partial charge in [0.25, 0.3) is 0 Å². The summed E-state index contributed by atoms with van der Waals surface area (Å²) in [5.41, 5.74) is 0.148. The maximum atomic E-state index is 13.2. The van der Waals surface area contributed by atoms with Gasteiger partial charge >= 0.3 is 0 Å². The van der Waals surface area contributed by atoms with Crippen molar-refractivity contribution in [1.29, 1.82) is 0 Å². The molecule has 94 valence electrons. The van der Waals surface area contributed by atoms with Gasteiger partial charge in [-0.3, -0.25) is 4.79 Å². The Kier molecular flexibility index (Phi) is 5.76. The lowest BCUT2D eigenvalue weighted by molar-refractivity contribution is -0.116. The SMILES string of the molecule is CNCCCC(=O)Nc1cc(F)c(I)c(F)c1. The molecular weight excluding hydrogens is 341 g/mol. The fourth-order valence-electron chi connectivity index (χ4n) is 1.28. The predicted octanol–water partition coefficient (Wildman–Crippen LogP) is 2.51. The molecule has 0 aromatic heterocycles. The predicted molar refractivity (Wildman–Crippen MR) is 70.9 cm³/mol. The van der Waals surface area contributed by atoms with E-state index >= 15 is 0 Å². The number of benzene rings is 1. The van der Waals surface area contributed by atoms with Gasteiger partial charge in [0.2, 0.25) is 5.91 Å². The molecule has 0 bridgehead atoms. The van der Waals surface area contributed by atoms with Gasteiger partial charge in [-0.25, -0.2) is 8.78 Å². The van der Waals surface area contributed by atoms with Crippen molar-refractivity contribution in [3.05, 3.63) is 27.3 Å². The van der Waals surface area contributed by atoms with E-state index < -0.39 is 11.6 Å². The fourth-order valence-corrected chi connectivity index (χ4v) is 1.59. The maximum Gasteiger partial charge on any atom is 0.224 e. The van der Waals surface area contributed by atoms with Crippen LogP contribution in [0.3, 0.4) is 0 Å². The fraction of sp³-hybridized carbons (Fsp3) is 0.364. The molecule has 0 heterocycles. The molecule has 17 heavy (non-hydrogen) atoms. The normalized spacial score (nSPS) is 10.4. The second-order valence-electron chi connectivity index (χ2n) is 3.51. The van der Waals surface area contributed by atoms with Crippen molar-refractivity contribution in [2.45, 2.75) is 12.8 Å². The third-order valence-corrected chi connectivity index (χ3v) is 3.13. The summed E-state index contributed by atoms with van der Waals surface area (Å²) in [5.74, 6) is -1.59. The van der Waals surface area contributed by atoms with Gasteiger partial charge in [0.1, 0.15) is 11.6 Å². The molecule has 0 atom stereocenters. The molecule has 3 nitrogen and oxygen atoms in total. The molecule has 0 unspecified atom stereocenters. The number of carbonyl (C=O) groups excluding carboxylic acids is 1. The minimum absolute atomic E-state index is 0.0734. The quantitative estimate of drug-likeness (QED) is 0.485. The van der Waals surface area contributed by atoms with Crippen molar-refractivity contribution in [2.75, 3.05) is 18.9 Å². The number of halogens is 3. The number of amides is 1. The maximum absolute atomic E-state index is 13.2. The van der Waals surface area contributed by atoms with Crippen LogP contribution in [0.4, 0.5) is 14.5 Å². The largest absolute Gasteiger partial charge is 0.326 e. The van der Waals surface area contributed by atoms with Crippen LogP contribution in [-0.4, -0.2) is 19.5 Å². The van der Waals surface area contributed by atoms with Crippen LogP contribution in [0.25, 0.3) is 0 Å². The average Bonchev–Trinajstić information content (AvgIpc) is 2.26. The van der Waals surface area contributed by atoms with Crippen LogP contribution in [0.2, 0.25) is 0 Å². The van der Waals surface area contributed by atoms with Crippen LogP contribution in [0.1, 0.15) is 12.8 Å². The molecule has 2 N–H and O–H groups in total. The van der Waals surface area contributed by atoms with Crippen molar-refractivity contribution in [3.63, 3.8) is 0 Å². The van der Waals surface area contributed by atoms with Crippen LogP contribution < -0.4 is 10.6 Å². The zero-order valence-corrected chi connectivity index (χ0v) is 11.5. The second kappa shape index (κ2) is 6.85. The Hall–Kier alpha value is -0.760. The molecule has 0 radical (unpaired) electrons. The highest BCUT2D eigenvalue weighted by Gasteiger charge is 2.09. The molecule has 1 rings (SSSR count). The van der Waals surface area contributed by atoms with Crippen LogP contribution in [-0.2, 0) is 4.79 Å². The lowest BCUT2D eigenvalue weighted by atomic mass is 10.2. The summed E-state index contributed by atoms with van der Waals surface area (Å²) in [6.07, 6.45) is 0.994. The third-order valence-electron chi connectivity index (χ3n) is 2.10. The average molecular weight is 354 g/mol. The minimum atomic E-state index is -0.670. The molecule has 0 fully saturated rings. The smallest absolute Gasteiger partial charge is 0.224 e. The van der Waals surface area contributed by atoms with Gasteiger partial charge < -0.3 is 10.6 Å². The Morgan fingerprint density at radius 2 is 1.94 bits per heavy atom. The number of anilines is 1. The van der Waals surface area contributed by atoms with E-state index in [0.29, 0.717) is 12.8 Å². The molecule has 1 amide bonds. The summed E-state index contributed by atoms with van der Waals surface area (Å²) in [4.78, 5) is 11.4. The molecule has 0 aliphatic heterocycles. The van der Waals surface area contributed by atoms with Crippen LogP contribution in [0, 0.1) is 15.2 Å². The second-order valence-corrected chi connectivity index (χ2v) is 4.59. The Morgan fingerprint density at radius 1 is 1.35 bits per heavy atom. The molecule has 6 heteroatoms. The van der Waals surface area contributed by atoms with Gasteiger partial charge in [0.15, 0.2) is 0 Å². The highest BCUT2D eigenvalue weighted by molar-refractivity contribution is 14.1. The highest BCUT2D eigenvalue weighted by atomic mass is 127. The Bertz CT molecular complexity index is 389. The van der Waals surface area contributed by atoms with Crippen LogP contribution in [0.15, 0.2) is 12.1 Å².